The molecule has 1 aromatic carbocycles. The summed E-state index contributed by atoms with van der Waals surface area (Å²) in [4.78, 5) is 14.2. The Morgan fingerprint density at radius 2 is 2.15 bits per heavy atom. The molecular formula is C16H22N2O2. The van der Waals surface area contributed by atoms with Crippen LogP contribution in [-0.2, 0) is 16.0 Å². The number of carbonyl (C=O) groups is 1. The summed E-state index contributed by atoms with van der Waals surface area (Å²) in [5.41, 5.74) is 2.89. The molecule has 4 nitrogen and oxygen atoms in total. The zero-order chi connectivity index (χ0) is 13.9. The molecule has 1 N–H and O–H groups in total. The van der Waals surface area contributed by atoms with Crippen molar-refractivity contribution in [2.75, 3.05) is 32.8 Å². The number of fused-ring (bicyclic) bond motifs is 1. The minimum absolute atomic E-state index is 0.110. The van der Waals surface area contributed by atoms with Crippen molar-refractivity contribution in [3.05, 3.63) is 35.4 Å². The van der Waals surface area contributed by atoms with Gasteiger partial charge in [0.05, 0.1) is 19.3 Å². The number of carbonyl (C=O) groups excluding carboxylic acids is 1. The molecule has 1 amide bonds. The van der Waals surface area contributed by atoms with Crippen molar-refractivity contribution in [2.24, 2.45) is 0 Å². The van der Waals surface area contributed by atoms with E-state index in [0.717, 1.165) is 26.1 Å². The molecule has 0 bridgehead atoms. The molecule has 1 saturated heterocycles. The Morgan fingerprint density at radius 3 is 2.90 bits per heavy atom. The lowest BCUT2D eigenvalue weighted by Gasteiger charge is -2.33. The van der Waals surface area contributed by atoms with Crippen LogP contribution in [0, 0.1) is 0 Å². The number of ether oxygens (including phenoxy) is 1. The maximum absolute atomic E-state index is 12.3. The molecule has 1 fully saturated rings. The molecule has 0 saturated carbocycles. The molecule has 1 aromatic rings. The third-order valence-corrected chi connectivity index (χ3v) is 4.32. The molecule has 2 atom stereocenters. The molecule has 20 heavy (non-hydrogen) atoms. The minimum atomic E-state index is -0.110. The molecular weight excluding hydrogens is 252 g/mol. The third-order valence-electron chi connectivity index (χ3n) is 4.32. The second-order valence-electron chi connectivity index (χ2n) is 5.67. The fourth-order valence-electron chi connectivity index (χ4n) is 3.01. The summed E-state index contributed by atoms with van der Waals surface area (Å²) in [5, 5.41) is 3.39. The Hall–Kier alpha value is -1.39. The van der Waals surface area contributed by atoms with Crippen LogP contribution in [-0.4, -0.2) is 49.7 Å². The molecule has 1 heterocycles. The van der Waals surface area contributed by atoms with Crippen LogP contribution in [0.15, 0.2) is 24.3 Å². The third kappa shape index (κ3) is 2.72. The second-order valence-corrected chi connectivity index (χ2v) is 5.67. The average Bonchev–Trinajstić information content (AvgIpc) is 2.48. The number of morpholine rings is 1. The van der Waals surface area contributed by atoms with E-state index < -0.39 is 0 Å². The van der Waals surface area contributed by atoms with Gasteiger partial charge in [-0.3, -0.25) is 4.79 Å². The van der Waals surface area contributed by atoms with Crippen molar-refractivity contribution >= 4 is 5.91 Å². The molecule has 108 valence electrons. The first-order valence-electron chi connectivity index (χ1n) is 7.43. The quantitative estimate of drug-likeness (QED) is 0.896. The average molecular weight is 274 g/mol. The first kappa shape index (κ1) is 13.6. The highest BCUT2D eigenvalue weighted by atomic mass is 16.5. The van der Waals surface area contributed by atoms with Crippen LogP contribution in [0.4, 0.5) is 0 Å². The van der Waals surface area contributed by atoms with E-state index in [0.29, 0.717) is 19.1 Å². The SMILES string of the molecule is CC(NCC1Cc2ccccc21)C(=O)N1CCOCC1. The number of benzene rings is 1. The standard InChI is InChI=1S/C16H22N2O2/c1-12(16(19)18-6-8-20-9-7-18)17-11-14-10-13-4-2-3-5-15(13)14/h2-5,12,14,17H,6-11H2,1H3. The van der Waals surface area contributed by atoms with Gasteiger partial charge in [-0.2, -0.15) is 0 Å². The van der Waals surface area contributed by atoms with Crippen molar-refractivity contribution in [3.63, 3.8) is 0 Å². The van der Waals surface area contributed by atoms with Crippen molar-refractivity contribution in [3.8, 4) is 0 Å². The monoisotopic (exact) mass is 274 g/mol. The van der Waals surface area contributed by atoms with Crippen LogP contribution in [0.2, 0.25) is 0 Å². The molecule has 3 rings (SSSR count). The summed E-state index contributed by atoms with van der Waals surface area (Å²) in [6, 6.07) is 8.45. The number of rotatable bonds is 4. The van der Waals surface area contributed by atoms with Crippen molar-refractivity contribution < 1.29 is 9.53 Å². The predicted molar refractivity (Wildman–Crippen MR) is 77.8 cm³/mol. The second kappa shape index (κ2) is 5.94. The fourth-order valence-corrected chi connectivity index (χ4v) is 3.01. The van der Waals surface area contributed by atoms with E-state index in [1.54, 1.807) is 0 Å². The van der Waals surface area contributed by atoms with Gasteiger partial charge in [-0.15, -0.1) is 0 Å². The maximum atomic E-state index is 12.3. The summed E-state index contributed by atoms with van der Waals surface area (Å²) in [6.45, 7) is 5.60. The molecule has 1 aliphatic carbocycles. The zero-order valence-corrected chi connectivity index (χ0v) is 12.0. The van der Waals surface area contributed by atoms with E-state index in [9.17, 15) is 4.79 Å². The molecule has 4 heteroatoms. The lowest BCUT2D eigenvalue weighted by molar-refractivity contribution is -0.137. The number of nitrogens with zero attached hydrogens (tertiary/aromatic N) is 1. The predicted octanol–water partition coefficient (Wildman–Crippen LogP) is 1.16. The molecule has 0 spiro atoms. The Labute approximate surface area is 120 Å². The fraction of sp³-hybridized carbons (Fsp3) is 0.562. The number of amides is 1. The van der Waals surface area contributed by atoms with Gasteiger partial charge in [0.1, 0.15) is 0 Å². The Bertz CT molecular complexity index is 483. The van der Waals surface area contributed by atoms with Gasteiger partial charge < -0.3 is 15.0 Å². The van der Waals surface area contributed by atoms with E-state index in [2.05, 4.69) is 29.6 Å². The van der Waals surface area contributed by atoms with E-state index in [1.807, 2.05) is 11.8 Å². The number of hydrogen-bond donors (Lipinski definition) is 1. The van der Waals surface area contributed by atoms with E-state index in [1.165, 1.54) is 11.1 Å². The Kier molecular flexibility index (Phi) is 4.03. The van der Waals surface area contributed by atoms with Crippen molar-refractivity contribution in [1.29, 1.82) is 0 Å². The largest absolute Gasteiger partial charge is 0.378 e. The van der Waals surface area contributed by atoms with Crippen LogP contribution in [0.3, 0.4) is 0 Å². The van der Waals surface area contributed by atoms with Crippen molar-refractivity contribution in [1.82, 2.24) is 10.2 Å². The van der Waals surface area contributed by atoms with Crippen LogP contribution in [0.1, 0.15) is 24.0 Å². The van der Waals surface area contributed by atoms with Crippen molar-refractivity contribution in [2.45, 2.75) is 25.3 Å². The zero-order valence-electron chi connectivity index (χ0n) is 12.0. The lowest BCUT2D eigenvalue weighted by Crippen LogP contribution is -2.50. The van der Waals surface area contributed by atoms with Crippen LogP contribution in [0.25, 0.3) is 0 Å². The van der Waals surface area contributed by atoms with Gasteiger partial charge in [-0.1, -0.05) is 24.3 Å². The highest BCUT2D eigenvalue weighted by molar-refractivity contribution is 5.81. The van der Waals surface area contributed by atoms with E-state index in [4.69, 9.17) is 4.74 Å². The molecule has 1 aliphatic heterocycles. The molecule has 2 aliphatic rings. The van der Waals surface area contributed by atoms with Crippen LogP contribution in [0.5, 0.6) is 0 Å². The lowest BCUT2D eigenvalue weighted by atomic mass is 9.77. The van der Waals surface area contributed by atoms with Gasteiger partial charge >= 0.3 is 0 Å². The number of nitrogens with one attached hydrogen (secondary N) is 1. The summed E-state index contributed by atoms with van der Waals surface area (Å²) >= 11 is 0. The topological polar surface area (TPSA) is 41.6 Å². The highest BCUT2D eigenvalue weighted by Crippen LogP contribution is 2.34. The summed E-state index contributed by atoms with van der Waals surface area (Å²) in [5.74, 6) is 0.757. The van der Waals surface area contributed by atoms with Crippen LogP contribution < -0.4 is 5.32 Å². The molecule has 2 unspecified atom stereocenters. The first-order valence-corrected chi connectivity index (χ1v) is 7.43. The highest BCUT2D eigenvalue weighted by Gasteiger charge is 2.27. The smallest absolute Gasteiger partial charge is 0.239 e. The minimum Gasteiger partial charge on any atom is -0.378 e. The first-order chi connectivity index (χ1) is 9.75. The Balaban J connectivity index is 1.48. The normalized spacial score (nSPS) is 22.9. The van der Waals surface area contributed by atoms with Gasteiger partial charge in [0.25, 0.3) is 0 Å². The van der Waals surface area contributed by atoms with Gasteiger partial charge in [0, 0.05) is 25.6 Å². The summed E-state index contributed by atoms with van der Waals surface area (Å²) in [7, 11) is 0. The van der Waals surface area contributed by atoms with Gasteiger partial charge in [0.15, 0.2) is 0 Å². The van der Waals surface area contributed by atoms with E-state index in [-0.39, 0.29) is 11.9 Å². The molecule has 0 radical (unpaired) electrons. The molecule has 0 aromatic heterocycles. The maximum Gasteiger partial charge on any atom is 0.239 e. The summed E-state index contributed by atoms with van der Waals surface area (Å²) in [6.07, 6.45) is 1.13. The van der Waals surface area contributed by atoms with Crippen LogP contribution >= 0.6 is 0 Å². The van der Waals surface area contributed by atoms with Gasteiger partial charge in [0.2, 0.25) is 5.91 Å². The van der Waals surface area contributed by atoms with Gasteiger partial charge in [-0.25, -0.2) is 0 Å². The Morgan fingerprint density at radius 1 is 1.40 bits per heavy atom. The number of hydrogen-bond acceptors (Lipinski definition) is 3. The van der Waals surface area contributed by atoms with E-state index >= 15 is 0 Å². The van der Waals surface area contributed by atoms with Gasteiger partial charge in [-0.05, 0) is 24.5 Å². The summed E-state index contributed by atoms with van der Waals surface area (Å²) < 4.78 is 5.28.